The maximum atomic E-state index is 11.3. The first-order chi connectivity index (χ1) is 8.11. The van der Waals surface area contributed by atoms with Crippen molar-refractivity contribution in [3.63, 3.8) is 0 Å². The second-order valence-electron chi connectivity index (χ2n) is 3.80. The largest absolute Gasteiger partial charge is 0.481 e. The fraction of sp³-hybridized carbons (Fsp3) is 0.818. The Morgan fingerprint density at radius 3 is 2.65 bits per heavy atom. The van der Waals surface area contributed by atoms with Gasteiger partial charge in [0.1, 0.15) is 0 Å². The van der Waals surface area contributed by atoms with E-state index in [0.29, 0.717) is 19.6 Å². The molecular formula is C11H22N2O4. The molecule has 0 spiro atoms. The zero-order valence-corrected chi connectivity index (χ0v) is 10.5. The molecule has 6 nitrogen and oxygen atoms in total. The number of ether oxygens (including phenoxy) is 1. The van der Waals surface area contributed by atoms with Crippen LogP contribution in [0.2, 0.25) is 0 Å². The molecule has 0 heterocycles. The second-order valence-corrected chi connectivity index (χ2v) is 3.80. The lowest BCUT2D eigenvalue weighted by Crippen LogP contribution is -2.39. The van der Waals surface area contributed by atoms with Gasteiger partial charge in [0, 0.05) is 20.2 Å². The molecule has 100 valence electrons. The Morgan fingerprint density at radius 1 is 1.41 bits per heavy atom. The van der Waals surface area contributed by atoms with E-state index < -0.39 is 11.9 Å². The molecule has 1 amide bonds. The van der Waals surface area contributed by atoms with Crippen LogP contribution in [0.5, 0.6) is 0 Å². The molecule has 0 saturated carbocycles. The van der Waals surface area contributed by atoms with Gasteiger partial charge in [0.2, 0.25) is 5.91 Å². The van der Waals surface area contributed by atoms with Crippen molar-refractivity contribution in [3.8, 4) is 0 Å². The van der Waals surface area contributed by atoms with E-state index in [4.69, 9.17) is 9.84 Å². The first-order valence-corrected chi connectivity index (χ1v) is 5.81. The SMILES string of the molecule is CCCC(CNC(=O)CNCCOC)C(=O)O. The summed E-state index contributed by atoms with van der Waals surface area (Å²) in [7, 11) is 1.59. The van der Waals surface area contributed by atoms with E-state index in [1.165, 1.54) is 0 Å². The molecule has 0 aromatic carbocycles. The smallest absolute Gasteiger partial charge is 0.308 e. The number of carbonyl (C=O) groups excluding carboxylic acids is 1. The van der Waals surface area contributed by atoms with Gasteiger partial charge in [-0.05, 0) is 6.42 Å². The highest BCUT2D eigenvalue weighted by Crippen LogP contribution is 2.04. The van der Waals surface area contributed by atoms with Crippen LogP contribution in [0.15, 0.2) is 0 Å². The molecule has 0 saturated heterocycles. The lowest BCUT2D eigenvalue weighted by atomic mass is 10.0. The Balaban J connectivity index is 3.69. The number of methoxy groups -OCH3 is 1. The van der Waals surface area contributed by atoms with Gasteiger partial charge in [-0.3, -0.25) is 9.59 Å². The first-order valence-electron chi connectivity index (χ1n) is 5.81. The summed E-state index contributed by atoms with van der Waals surface area (Å²) in [5.74, 6) is -1.55. The van der Waals surface area contributed by atoms with Crippen LogP contribution in [0, 0.1) is 5.92 Å². The van der Waals surface area contributed by atoms with Crippen molar-refractivity contribution in [1.29, 1.82) is 0 Å². The van der Waals surface area contributed by atoms with E-state index in [1.54, 1.807) is 7.11 Å². The predicted octanol–water partition coefficient (Wildman–Crippen LogP) is -0.160. The topological polar surface area (TPSA) is 87.7 Å². The number of nitrogens with one attached hydrogen (secondary N) is 2. The quantitative estimate of drug-likeness (QED) is 0.466. The van der Waals surface area contributed by atoms with Gasteiger partial charge in [-0.25, -0.2) is 0 Å². The summed E-state index contributed by atoms with van der Waals surface area (Å²) in [6.45, 7) is 3.43. The molecule has 0 aromatic heterocycles. The maximum absolute atomic E-state index is 11.3. The van der Waals surface area contributed by atoms with E-state index >= 15 is 0 Å². The molecule has 17 heavy (non-hydrogen) atoms. The normalized spacial score (nSPS) is 12.1. The minimum atomic E-state index is -0.862. The highest BCUT2D eigenvalue weighted by Gasteiger charge is 2.16. The third-order valence-corrected chi connectivity index (χ3v) is 2.30. The average molecular weight is 246 g/mol. The Morgan fingerprint density at radius 2 is 2.12 bits per heavy atom. The summed E-state index contributed by atoms with van der Waals surface area (Å²) in [5.41, 5.74) is 0. The lowest BCUT2D eigenvalue weighted by molar-refractivity contribution is -0.141. The molecule has 6 heteroatoms. The fourth-order valence-corrected chi connectivity index (χ4v) is 1.34. The fourth-order valence-electron chi connectivity index (χ4n) is 1.34. The number of rotatable bonds is 10. The summed E-state index contributed by atoms with van der Waals surface area (Å²) in [6, 6.07) is 0. The molecule has 3 N–H and O–H groups in total. The van der Waals surface area contributed by atoms with Crippen LogP contribution >= 0.6 is 0 Å². The van der Waals surface area contributed by atoms with Crippen molar-refractivity contribution in [3.05, 3.63) is 0 Å². The van der Waals surface area contributed by atoms with Gasteiger partial charge in [-0.2, -0.15) is 0 Å². The van der Waals surface area contributed by atoms with Gasteiger partial charge in [0.05, 0.1) is 19.1 Å². The molecule has 0 aliphatic carbocycles. The predicted molar refractivity (Wildman–Crippen MR) is 63.8 cm³/mol. The molecule has 0 aliphatic heterocycles. The molecule has 0 radical (unpaired) electrons. The van der Waals surface area contributed by atoms with Crippen LogP contribution < -0.4 is 10.6 Å². The van der Waals surface area contributed by atoms with E-state index in [0.717, 1.165) is 6.42 Å². The zero-order chi connectivity index (χ0) is 13.1. The third kappa shape index (κ3) is 8.65. The zero-order valence-electron chi connectivity index (χ0n) is 10.5. The highest BCUT2D eigenvalue weighted by molar-refractivity contribution is 5.79. The standard InChI is InChI=1S/C11H22N2O4/c1-3-4-9(11(15)16)7-13-10(14)8-12-5-6-17-2/h9,12H,3-8H2,1-2H3,(H,13,14)(H,15,16). The van der Waals surface area contributed by atoms with Gasteiger partial charge in [0.15, 0.2) is 0 Å². The molecule has 1 unspecified atom stereocenters. The summed E-state index contributed by atoms with van der Waals surface area (Å²) in [6.07, 6.45) is 1.37. The average Bonchev–Trinajstić information content (AvgIpc) is 2.29. The van der Waals surface area contributed by atoms with Crippen LogP contribution in [-0.4, -0.2) is 50.3 Å². The van der Waals surface area contributed by atoms with Crippen molar-refractivity contribution in [2.24, 2.45) is 5.92 Å². The van der Waals surface area contributed by atoms with E-state index in [1.807, 2.05) is 6.92 Å². The molecule has 0 aromatic rings. The molecule has 1 atom stereocenters. The van der Waals surface area contributed by atoms with Crippen LogP contribution in [0.3, 0.4) is 0 Å². The van der Waals surface area contributed by atoms with Gasteiger partial charge >= 0.3 is 5.97 Å². The summed E-state index contributed by atoms with van der Waals surface area (Å²) in [5, 5.41) is 14.4. The number of hydrogen-bond acceptors (Lipinski definition) is 4. The number of hydrogen-bond donors (Lipinski definition) is 3. The minimum absolute atomic E-state index is 0.182. The highest BCUT2D eigenvalue weighted by atomic mass is 16.5. The van der Waals surface area contributed by atoms with Crippen LogP contribution in [0.25, 0.3) is 0 Å². The third-order valence-electron chi connectivity index (χ3n) is 2.30. The van der Waals surface area contributed by atoms with Gasteiger partial charge in [-0.15, -0.1) is 0 Å². The summed E-state index contributed by atoms with van der Waals surface area (Å²) >= 11 is 0. The van der Waals surface area contributed by atoms with E-state index in [-0.39, 0.29) is 19.0 Å². The van der Waals surface area contributed by atoms with Crippen LogP contribution in [0.1, 0.15) is 19.8 Å². The Kier molecular flexibility index (Phi) is 9.37. The van der Waals surface area contributed by atoms with Crippen molar-refractivity contribution < 1.29 is 19.4 Å². The number of carboxylic acid groups (broad SMARTS) is 1. The van der Waals surface area contributed by atoms with Crippen molar-refractivity contribution in [2.75, 3.05) is 33.4 Å². The maximum Gasteiger partial charge on any atom is 0.308 e. The monoisotopic (exact) mass is 246 g/mol. The molecule has 0 fully saturated rings. The Labute approximate surface area is 102 Å². The molecule has 0 rings (SSSR count). The Bertz CT molecular complexity index is 234. The van der Waals surface area contributed by atoms with Crippen molar-refractivity contribution >= 4 is 11.9 Å². The summed E-state index contributed by atoms with van der Waals surface area (Å²) in [4.78, 5) is 22.1. The second kappa shape index (κ2) is 10.0. The number of aliphatic carboxylic acids is 1. The lowest BCUT2D eigenvalue weighted by Gasteiger charge is -2.12. The minimum Gasteiger partial charge on any atom is -0.481 e. The first kappa shape index (κ1) is 15.9. The number of amides is 1. The van der Waals surface area contributed by atoms with E-state index in [2.05, 4.69) is 10.6 Å². The van der Waals surface area contributed by atoms with Gasteiger partial charge in [0.25, 0.3) is 0 Å². The molecular weight excluding hydrogens is 224 g/mol. The number of carbonyl (C=O) groups is 2. The molecule has 0 bridgehead atoms. The molecule has 0 aliphatic rings. The van der Waals surface area contributed by atoms with Crippen molar-refractivity contribution in [2.45, 2.75) is 19.8 Å². The van der Waals surface area contributed by atoms with Gasteiger partial charge < -0.3 is 20.5 Å². The van der Waals surface area contributed by atoms with Gasteiger partial charge in [-0.1, -0.05) is 13.3 Å². The van der Waals surface area contributed by atoms with Crippen LogP contribution in [0.4, 0.5) is 0 Å². The Hall–Kier alpha value is -1.14. The van der Waals surface area contributed by atoms with E-state index in [9.17, 15) is 9.59 Å². The van der Waals surface area contributed by atoms with Crippen LogP contribution in [-0.2, 0) is 14.3 Å². The number of carboxylic acids is 1. The summed E-state index contributed by atoms with van der Waals surface area (Å²) < 4.78 is 4.81. The van der Waals surface area contributed by atoms with Crippen molar-refractivity contribution in [1.82, 2.24) is 10.6 Å².